The minimum atomic E-state index is -1.04. The fourth-order valence-electron chi connectivity index (χ4n) is 3.29. The molecule has 2 atom stereocenters. The fraction of sp³-hybridized carbons (Fsp3) is 0.368. The molecular formula is C19H19NO6. The molecule has 0 unspecified atom stereocenters. The molecule has 1 aliphatic heterocycles. The van der Waals surface area contributed by atoms with Gasteiger partial charge in [0.05, 0.1) is 6.54 Å². The van der Waals surface area contributed by atoms with Crippen molar-refractivity contribution in [2.24, 2.45) is 5.92 Å². The van der Waals surface area contributed by atoms with Crippen molar-refractivity contribution in [3.63, 3.8) is 0 Å². The molecule has 0 spiro atoms. The van der Waals surface area contributed by atoms with E-state index >= 15 is 0 Å². The second-order valence-corrected chi connectivity index (χ2v) is 6.56. The minimum Gasteiger partial charge on any atom is -0.486 e. The molecule has 4 rings (SSSR count). The van der Waals surface area contributed by atoms with E-state index in [0.29, 0.717) is 24.7 Å². The number of fused-ring (bicyclic) bond motifs is 1. The minimum absolute atomic E-state index is 0.0594. The number of benzene rings is 1. The molecule has 1 amide bonds. The highest BCUT2D eigenvalue weighted by Crippen LogP contribution is 2.49. The maximum Gasteiger partial charge on any atom is 0.339 e. The Balaban J connectivity index is 1.35. The zero-order valence-corrected chi connectivity index (χ0v) is 14.3. The number of ether oxygens (including phenoxy) is 2. The fourth-order valence-corrected chi connectivity index (χ4v) is 3.29. The molecule has 26 heavy (non-hydrogen) atoms. The summed E-state index contributed by atoms with van der Waals surface area (Å²) in [7, 11) is 0. The molecule has 2 heterocycles. The third-order valence-electron chi connectivity index (χ3n) is 4.76. The van der Waals surface area contributed by atoms with Crippen LogP contribution >= 0.6 is 0 Å². The standard InChI is InChI=1S/C19H19NO6/c1-10-13(19(22)23)7-12(26-10)9-20-18(21)15-8-14(15)11-2-3-16-17(6-11)25-5-4-24-16/h2-3,6-7,14-15H,4-5,8-9H2,1H3,(H,20,21)(H,22,23)/t14-,15+/m0/s1. The van der Waals surface area contributed by atoms with Gasteiger partial charge in [-0.3, -0.25) is 4.79 Å². The van der Waals surface area contributed by atoms with E-state index in [4.69, 9.17) is 19.0 Å². The SMILES string of the molecule is Cc1oc(CNC(=O)[C@@H]2C[C@H]2c2ccc3c(c2)OCCO3)cc1C(=O)O. The second-order valence-electron chi connectivity index (χ2n) is 6.56. The lowest BCUT2D eigenvalue weighted by atomic mass is 10.1. The van der Waals surface area contributed by atoms with Crippen LogP contribution in [0.15, 0.2) is 28.7 Å². The van der Waals surface area contributed by atoms with Crippen molar-refractivity contribution in [3.05, 3.63) is 46.9 Å². The maximum atomic E-state index is 12.4. The highest BCUT2D eigenvalue weighted by molar-refractivity contribution is 5.89. The number of aromatic carboxylic acids is 1. The van der Waals surface area contributed by atoms with E-state index in [0.717, 1.165) is 23.5 Å². The van der Waals surface area contributed by atoms with Gasteiger partial charge in [-0.15, -0.1) is 0 Å². The Hall–Kier alpha value is -2.96. The molecule has 2 aliphatic rings. The van der Waals surface area contributed by atoms with Crippen molar-refractivity contribution < 1.29 is 28.6 Å². The van der Waals surface area contributed by atoms with Gasteiger partial charge in [0.25, 0.3) is 0 Å². The Kier molecular flexibility index (Phi) is 4.06. The summed E-state index contributed by atoms with van der Waals surface area (Å²) in [5.41, 5.74) is 1.19. The van der Waals surface area contributed by atoms with Crippen molar-refractivity contribution in [2.45, 2.75) is 25.8 Å². The first-order valence-electron chi connectivity index (χ1n) is 8.53. The van der Waals surface area contributed by atoms with Crippen LogP contribution < -0.4 is 14.8 Å². The third kappa shape index (κ3) is 3.12. The number of furan rings is 1. The largest absolute Gasteiger partial charge is 0.486 e. The second kappa shape index (κ2) is 6.40. The van der Waals surface area contributed by atoms with Gasteiger partial charge < -0.3 is 24.3 Å². The summed E-state index contributed by atoms with van der Waals surface area (Å²) in [6, 6.07) is 7.25. The Labute approximate surface area is 149 Å². The van der Waals surface area contributed by atoms with Crippen molar-refractivity contribution >= 4 is 11.9 Å². The number of nitrogens with one attached hydrogen (secondary N) is 1. The molecule has 1 aromatic carbocycles. The lowest BCUT2D eigenvalue weighted by Gasteiger charge is -2.18. The summed E-state index contributed by atoms with van der Waals surface area (Å²) in [5.74, 6) is 1.22. The van der Waals surface area contributed by atoms with Gasteiger partial charge in [0.15, 0.2) is 11.5 Å². The predicted octanol–water partition coefficient (Wildman–Crippen LogP) is 2.48. The van der Waals surface area contributed by atoms with Crippen molar-refractivity contribution in [3.8, 4) is 11.5 Å². The van der Waals surface area contributed by atoms with Gasteiger partial charge in [0.2, 0.25) is 5.91 Å². The quantitative estimate of drug-likeness (QED) is 0.853. The number of amides is 1. The first-order valence-corrected chi connectivity index (χ1v) is 8.53. The molecule has 2 aromatic rings. The number of carboxylic acid groups (broad SMARTS) is 1. The molecule has 7 heteroatoms. The molecule has 1 fully saturated rings. The predicted molar refractivity (Wildman–Crippen MR) is 90.5 cm³/mol. The Morgan fingerprint density at radius 1 is 1.19 bits per heavy atom. The smallest absolute Gasteiger partial charge is 0.339 e. The summed E-state index contributed by atoms with van der Waals surface area (Å²) in [6.45, 7) is 2.85. The maximum absolute atomic E-state index is 12.4. The van der Waals surface area contributed by atoms with Gasteiger partial charge in [-0.2, -0.15) is 0 Å². The number of rotatable bonds is 5. The van der Waals surface area contributed by atoms with Crippen LogP contribution in [-0.4, -0.2) is 30.2 Å². The number of carboxylic acids is 1. The molecule has 1 aromatic heterocycles. The van der Waals surface area contributed by atoms with Crippen LogP contribution in [0.2, 0.25) is 0 Å². The first kappa shape index (κ1) is 16.5. The Morgan fingerprint density at radius 2 is 1.96 bits per heavy atom. The Bertz CT molecular complexity index is 871. The molecule has 7 nitrogen and oxygen atoms in total. The van der Waals surface area contributed by atoms with E-state index in [-0.39, 0.29) is 29.9 Å². The number of aryl methyl sites for hydroxylation is 1. The Morgan fingerprint density at radius 3 is 2.69 bits per heavy atom. The molecular weight excluding hydrogens is 338 g/mol. The van der Waals surface area contributed by atoms with Crippen LogP contribution in [0.1, 0.15) is 39.8 Å². The molecule has 1 aliphatic carbocycles. The average Bonchev–Trinajstić information content (AvgIpc) is 3.35. The van der Waals surface area contributed by atoms with Gasteiger partial charge in [0, 0.05) is 5.92 Å². The molecule has 136 valence electrons. The van der Waals surface area contributed by atoms with Gasteiger partial charge in [-0.05, 0) is 43.0 Å². The van der Waals surface area contributed by atoms with E-state index < -0.39 is 5.97 Å². The van der Waals surface area contributed by atoms with Crippen LogP contribution in [-0.2, 0) is 11.3 Å². The van der Waals surface area contributed by atoms with Crippen molar-refractivity contribution in [2.75, 3.05) is 13.2 Å². The normalized spacial score (nSPS) is 20.5. The van der Waals surface area contributed by atoms with Crippen LogP contribution in [0, 0.1) is 12.8 Å². The highest BCUT2D eigenvalue weighted by atomic mass is 16.6. The van der Waals surface area contributed by atoms with Crippen LogP contribution in [0.5, 0.6) is 11.5 Å². The average molecular weight is 357 g/mol. The highest BCUT2D eigenvalue weighted by Gasteiger charge is 2.44. The number of hydrogen-bond acceptors (Lipinski definition) is 5. The molecule has 0 saturated heterocycles. The first-order chi connectivity index (χ1) is 12.5. The lowest BCUT2D eigenvalue weighted by Crippen LogP contribution is -2.24. The van der Waals surface area contributed by atoms with Crippen LogP contribution in [0.25, 0.3) is 0 Å². The third-order valence-corrected chi connectivity index (χ3v) is 4.76. The zero-order valence-electron chi connectivity index (χ0n) is 14.3. The topological polar surface area (TPSA) is 98.0 Å². The number of carbonyl (C=O) groups excluding carboxylic acids is 1. The zero-order chi connectivity index (χ0) is 18.3. The summed E-state index contributed by atoms with van der Waals surface area (Å²) < 4.78 is 16.5. The molecule has 0 bridgehead atoms. The summed E-state index contributed by atoms with van der Waals surface area (Å²) in [5, 5.41) is 11.9. The van der Waals surface area contributed by atoms with E-state index in [1.54, 1.807) is 6.92 Å². The van der Waals surface area contributed by atoms with Gasteiger partial charge in [-0.1, -0.05) is 6.07 Å². The van der Waals surface area contributed by atoms with Gasteiger partial charge >= 0.3 is 5.97 Å². The van der Waals surface area contributed by atoms with Crippen LogP contribution in [0.4, 0.5) is 0 Å². The van der Waals surface area contributed by atoms with Crippen molar-refractivity contribution in [1.29, 1.82) is 0 Å². The summed E-state index contributed by atoms with van der Waals surface area (Å²) in [4.78, 5) is 23.4. The van der Waals surface area contributed by atoms with Gasteiger partial charge in [0.1, 0.15) is 30.3 Å². The monoisotopic (exact) mass is 357 g/mol. The van der Waals surface area contributed by atoms with Crippen molar-refractivity contribution in [1.82, 2.24) is 5.32 Å². The molecule has 2 N–H and O–H groups in total. The summed E-state index contributed by atoms with van der Waals surface area (Å²) in [6.07, 6.45) is 0.781. The van der Waals surface area contributed by atoms with E-state index in [2.05, 4.69) is 5.32 Å². The molecule has 1 saturated carbocycles. The number of hydrogen-bond donors (Lipinski definition) is 2. The van der Waals surface area contributed by atoms with Crippen LogP contribution in [0.3, 0.4) is 0 Å². The summed E-state index contributed by atoms with van der Waals surface area (Å²) >= 11 is 0. The van der Waals surface area contributed by atoms with E-state index in [1.165, 1.54) is 6.07 Å². The van der Waals surface area contributed by atoms with Gasteiger partial charge in [-0.25, -0.2) is 4.79 Å². The molecule has 0 radical (unpaired) electrons. The number of carbonyl (C=O) groups is 2. The van der Waals surface area contributed by atoms with E-state index in [9.17, 15) is 9.59 Å². The van der Waals surface area contributed by atoms with E-state index in [1.807, 2.05) is 18.2 Å². The lowest BCUT2D eigenvalue weighted by molar-refractivity contribution is -0.122.